The van der Waals surface area contributed by atoms with Crippen molar-refractivity contribution in [1.82, 2.24) is 0 Å². The zero-order chi connectivity index (χ0) is 15.1. The van der Waals surface area contributed by atoms with Gasteiger partial charge in [0.2, 0.25) is 0 Å². The predicted octanol–water partition coefficient (Wildman–Crippen LogP) is 5.20. The number of rotatable bonds is 2. The highest BCUT2D eigenvalue weighted by Gasteiger charge is 2.20. The molecule has 1 heteroatoms. The molecule has 0 saturated heterocycles. The first kappa shape index (κ1) is 13.3. The summed E-state index contributed by atoms with van der Waals surface area (Å²) in [6, 6.07) is 18.9. The van der Waals surface area contributed by atoms with Crippen LogP contribution in [0, 0.1) is 0 Å². The molecule has 0 atom stereocenters. The van der Waals surface area contributed by atoms with Gasteiger partial charge < -0.3 is 0 Å². The molecule has 108 valence electrons. The van der Waals surface area contributed by atoms with Crippen molar-refractivity contribution in [3.63, 3.8) is 0 Å². The van der Waals surface area contributed by atoms with Gasteiger partial charge in [0, 0.05) is 11.1 Å². The fourth-order valence-corrected chi connectivity index (χ4v) is 3.72. The van der Waals surface area contributed by atoms with Crippen LogP contribution in [-0.4, -0.2) is 5.78 Å². The summed E-state index contributed by atoms with van der Waals surface area (Å²) in [4.78, 5) is 12.3. The molecule has 0 amide bonds. The van der Waals surface area contributed by atoms with Crippen LogP contribution in [0.2, 0.25) is 0 Å². The first-order valence-corrected chi connectivity index (χ1v) is 7.89. The Morgan fingerprint density at radius 2 is 1.68 bits per heavy atom. The maximum absolute atomic E-state index is 12.3. The minimum Gasteiger partial charge on any atom is -0.294 e. The van der Waals surface area contributed by atoms with E-state index >= 15 is 0 Å². The number of carbonyl (C=O) groups excluding carboxylic acids is 1. The van der Waals surface area contributed by atoms with Crippen LogP contribution < -0.4 is 0 Å². The molecule has 0 heterocycles. The lowest BCUT2D eigenvalue weighted by Crippen LogP contribution is -2.06. The fraction of sp³-hybridized carbons (Fsp3) is 0.190. The van der Waals surface area contributed by atoms with E-state index in [1.54, 1.807) is 6.92 Å². The summed E-state index contributed by atoms with van der Waals surface area (Å²) >= 11 is 0. The quantitative estimate of drug-likeness (QED) is 0.592. The van der Waals surface area contributed by atoms with Crippen molar-refractivity contribution in [1.29, 1.82) is 0 Å². The third-order valence-electron chi connectivity index (χ3n) is 4.66. The first-order valence-electron chi connectivity index (χ1n) is 7.89. The van der Waals surface area contributed by atoms with E-state index in [1.165, 1.54) is 28.3 Å². The Morgan fingerprint density at radius 1 is 0.909 bits per heavy atom. The molecule has 0 N–H and O–H groups in total. The number of hydrogen-bond donors (Lipinski definition) is 0. The Bertz CT molecular complexity index is 875. The molecular formula is C21H18O. The minimum atomic E-state index is 0.146. The number of Topliss-reactive ketones (excluding diaryl/α,β-unsaturated/α-hetero) is 1. The molecule has 1 aliphatic carbocycles. The molecule has 0 aliphatic heterocycles. The van der Waals surface area contributed by atoms with Crippen LogP contribution in [0.3, 0.4) is 0 Å². The highest BCUT2D eigenvalue weighted by molar-refractivity contribution is 6.11. The van der Waals surface area contributed by atoms with E-state index < -0.39 is 0 Å². The molecule has 0 radical (unpaired) electrons. The smallest absolute Gasteiger partial charge is 0.160 e. The van der Waals surface area contributed by atoms with E-state index in [4.69, 9.17) is 0 Å². The van der Waals surface area contributed by atoms with Gasteiger partial charge in [-0.15, -0.1) is 0 Å². The lowest BCUT2D eigenvalue weighted by atomic mass is 9.82. The maximum Gasteiger partial charge on any atom is 0.160 e. The largest absolute Gasteiger partial charge is 0.294 e. The molecule has 3 aromatic carbocycles. The molecule has 4 rings (SSSR count). The van der Waals surface area contributed by atoms with Gasteiger partial charge >= 0.3 is 0 Å². The van der Waals surface area contributed by atoms with Gasteiger partial charge in [-0.05, 0) is 59.7 Å². The molecule has 0 bridgehead atoms. The van der Waals surface area contributed by atoms with Crippen molar-refractivity contribution in [3.8, 4) is 11.1 Å². The van der Waals surface area contributed by atoms with Crippen LogP contribution in [0.25, 0.3) is 21.9 Å². The monoisotopic (exact) mass is 286 g/mol. The molecule has 0 saturated carbocycles. The van der Waals surface area contributed by atoms with Crippen molar-refractivity contribution in [3.05, 3.63) is 71.3 Å². The fourth-order valence-electron chi connectivity index (χ4n) is 3.72. The molecule has 0 unspecified atom stereocenters. The van der Waals surface area contributed by atoms with E-state index in [0.29, 0.717) is 0 Å². The van der Waals surface area contributed by atoms with E-state index in [2.05, 4.69) is 36.4 Å². The Hall–Kier alpha value is -2.41. The van der Waals surface area contributed by atoms with Crippen LogP contribution in [0.4, 0.5) is 0 Å². The minimum absolute atomic E-state index is 0.146. The summed E-state index contributed by atoms with van der Waals surface area (Å²) in [5.41, 5.74) is 5.83. The number of benzene rings is 3. The highest BCUT2D eigenvalue weighted by Crippen LogP contribution is 2.39. The number of aryl methyl sites for hydroxylation is 2. The number of ketones is 1. The predicted molar refractivity (Wildman–Crippen MR) is 91.4 cm³/mol. The molecular weight excluding hydrogens is 268 g/mol. The van der Waals surface area contributed by atoms with E-state index in [1.807, 2.05) is 18.2 Å². The standard InChI is InChI=1S/C21H18O/c1-14(22)19-13-17-11-5-9-15-10-6-12-18(20(15)17)21(19)16-7-3-2-4-8-16/h2-4,6-8,10,12-13H,5,9,11H2,1H3. The van der Waals surface area contributed by atoms with Gasteiger partial charge in [0.05, 0.1) is 0 Å². The van der Waals surface area contributed by atoms with Crippen LogP contribution >= 0.6 is 0 Å². The van der Waals surface area contributed by atoms with Gasteiger partial charge in [0.15, 0.2) is 5.78 Å². The van der Waals surface area contributed by atoms with Gasteiger partial charge in [-0.3, -0.25) is 4.79 Å². The lowest BCUT2D eigenvalue weighted by Gasteiger charge is -2.21. The topological polar surface area (TPSA) is 17.1 Å². The van der Waals surface area contributed by atoms with Crippen molar-refractivity contribution in [2.24, 2.45) is 0 Å². The summed E-state index contributed by atoms with van der Waals surface area (Å²) in [5.74, 6) is 0.146. The lowest BCUT2D eigenvalue weighted by molar-refractivity contribution is 0.101. The third kappa shape index (κ3) is 1.97. The molecule has 0 fully saturated rings. The summed E-state index contributed by atoms with van der Waals surface area (Å²) in [6.45, 7) is 1.67. The molecule has 3 aromatic rings. The molecule has 0 spiro atoms. The van der Waals surface area contributed by atoms with Crippen molar-refractivity contribution < 1.29 is 4.79 Å². The average molecular weight is 286 g/mol. The summed E-state index contributed by atoms with van der Waals surface area (Å²) in [7, 11) is 0. The molecule has 1 aliphatic rings. The van der Waals surface area contributed by atoms with Crippen LogP contribution in [-0.2, 0) is 12.8 Å². The number of carbonyl (C=O) groups is 1. The van der Waals surface area contributed by atoms with Gasteiger partial charge in [0.25, 0.3) is 0 Å². The number of hydrogen-bond acceptors (Lipinski definition) is 1. The Kier molecular flexibility index (Phi) is 3.07. The van der Waals surface area contributed by atoms with Crippen molar-refractivity contribution in [2.75, 3.05) is 0 Å². The zero-order valence-corrected chi connectivity index (χ0v) is 12.7. The Balaban J connectivity index is 2.17. The molecule has 1 nitrogen and oxygen atoms in total. The second-order valence-electron chi connectivity index (χ2n) is 6.07. The third-order valence-corrected chi connectivity index (χ3v) is 4.66. The highest BCUT2D eigenvalue weighted by atomic mass is 16.1. The Labute approximate surface area is 130 Å². The van der Waals surface area contributed by atoms with Crippen LogP contribution in [0.15, 0.2) is 54.6 Å². The second kappa shape index (κ2) is 5.10. The van der Waals surface area contributed by atoms with Crippen molar-refractivity contribution in [2.45, 2.75) is 26.2 Å². The summed E-state index contributed by atoms with van der Waals surface area (Å²) < 4.78 is 0. The van der Waals surface area contributed by atoms with Gasteiger partial charge in [-0.2, -0.15) is 0 Å². The molecule has 22 heavy (non-hydrogen) atoms. The Morgan fingerprint density at radius 3 is 2.45 bits per heavy atom. The average Bonchev–Trinajstić information content (AvgIpc) is 2.56. The van der Waals surface area contributed by atoms with Gasteiger partial charge in [-0.1, -0.05) is 48.5 Å². The van der Waals surface area contributed by atoms with Gasteiger partial charge in [-0.25, -0.2) is 0 Å². The van der Waals surface area contributed by atoms with Crippen LogP contribution in [0.1, 0.15) is 34.8 Å². The van der Waals surface area contributed by atoms with Gasteiger partial charge in [0.1, 0.15) is 0 Å². The van der Waals surface area contributed by atoms with E-state index in [-0.39, 0.29) is 5.78 Å². The summed E-state index contributed by atoms with van der Waals surface area (Å²) in [5, 5.41) is 2.60. The first-order chi connectivity index (χ1) is 10.8. The maximum atomic E-state index is 12.3. The zero-order valence-electron chi connectivity index (χ0n) is 12.7. The second-order valence-corrected chi connectivity index (χ2v) is 6.07. The molecule has 0 aromatic heterocycles. The van der Waals surface area contributed by atoms with Crippen LogP contribution in [0.5, 0.6) is 0 Å². The van der Waals surface area contributed by atoms with E-state index in [0.717, 1.165) is 29.5 Å². The van der Waals surface area contributed by atoms with Crippen molar-refractivity contribution >= 4 is 16.6 Å². The SMILES string of the molecule is CC(=O)c1cc2c3c(cccc3c1-c1ccccc1)CCC2. The normalized spacial score (nSPS) is 13.3. The van der Waals surface area contributed by atoms with E-state index in [9.17, 15) is 4.79 Å². The summed E-state index contributed by atoms with van der Waals surface area (Å²) in [6.07, 6.45) is 3.38.